The average Bonchev–Trinajstić information content (AvgIpc) is 2.84. The second-order valence-electron chi connectivity index (χ2n) is 7.59. The Morgan fingerprint density at radius 1 is 1.00 bits per heavy atom. The van der Waals surface area contributed by atoms with Crippen LogP contribution in [0.2, 0.25) is 5.02 Å². The van der Waals surface area contributed by atoms with Gasteiger partial charge < -0.3 is 10.1 Å². The zero-order chi connectivity index (χ0) is 23.5. The Morgan fingerprint density at radius 3 is 2.21 bits per heavy atom. The highest BCUT2D eigenvalue weighted by atomic mass is 35.5. The van der Waals surface area contributed by atoms with E-state index in [9.17, 15) is 14.9 Å². The molecule has 1 unspecified atom stereocenters. The quantitative estimate of drug-likeness (QED) is 0.284. The summed E-state index contributed by atoms with van der Waals surface area (Å²) in [5, 5.41) is 16.1. The first kappa shape index (κ1) is 22.3. The van der Waals surface area contributed by atoms with E-state index in [0.717, 1.165) is 0 Å². The molecule has 0 fully saturated rings. The largest absolute Gasteiger partial charge is 0.497 e. The number of nitrogens with zero attached hydrogens (tertiary/aromatic N) is 1. The molecule has 1 heterocycles. The monoisotopic (exact) mass is 460 g/mol. The van der Waals surface area contributed by atoms with Crippen molar-refractivity contribution in [3.05, 3.63) is 128 Å². The first-order chi connectivity index (χ1) is 15.9. The molecule has 0 bridgehead atoms. The van der Waals surface area contributed by atoms with Crippen LogP contribution in [0.3, 0.4) is 0 Å². The van der Waals surface area contributed by atoms with Crippen LogP contribution in [0, 0.1) is 10.1 Å². The number of benzene rings is 3. The third kappa shape index (κ3) is 4.38. The summed E-state index contributed by atoms with van der Waals surface area (Å²) in [5.74, 6) is -0.566. The molecule has 1 aliphatic rings. The van der Waals surface area contributed by atoms with E-state index in [4.69, 9.17) is 16.3 Å². The molecule has 7 heteroatoms. The number of carbonyl (C=O) groups is 1. The number of rotatable bonds is 6. The molecule has 33 heavy (non-hydrogen) atoms. The molecule has 1 atom stereocenters. The molecule has 0 aromatic heterocycles. The normalized spacial score (nSPS) is 15.8. The van der Waals surface area contributed by atoms with Gasteiger partial charge >= 0.3 is 0 Å². The lowest BCUT2D eigenvalue weighted by Gasteiger charge is -2.28. The number of ether oxygens (including phenoxy) is 1. The zero-order valence-corrected chi connectivity index (χ0v) is 18.8. The third-order valence-electron chi connectivity index (χ3n) is 5.59. The van der Waals surface area contributed by atoms with Crippen molar-refractivity contribution in [2.75, 3.05) is 7.11 Å². The topological polar surface area (TPSA) is 81.5 Å². The van der Waals surface area contributed by atoms with Crippen molar-refractivity contribution in [3.63, 3.8) is 0 Å². The van der Waals surface area contributed by atoms with E-state index >= 15 is 0 Å². The lowest BCUT2D eigenvalue weighted by Crippen LogP contribution is -2.31. The summed E-state index contributed by atoms with van der Waals surface area (Å²) in [7, 11) is 1.55. The van der Waals surface area contributed by atoms with E-state index in [-0.39, 0.29) is 11.5 Å². The Morgan fingerprint density at radius 2 is 1.64 bits per heavy atom. The maximum Gasteiger partial charge on any atom is 0.282 e. The van der Waals surface area contributed by atoms with Gasteiger partial charge in [0, 0.05) is 27.4 Å². The number of ketones is 1. The number of carbonyl (C=O) groups excluding carboxylic acids is 1. The zero-order valence-electron chi connectivity index (χ0n) is 18.0. The molecule has 3 aromatic carbocycles. The van der Waals surface area contributed by atoms with Gasteiger partial charge in [0.1, 0.15) is 17.4 Å². The number of hydrogen-bond acceptors (Lipinski definition) is 5. The van der Waals surface area contributed by atoms with Crippen LogP contribution >= 0.6 is 11.6 Å². The van der Waals surface area contributed by atoms with Gasteiger partial charge in [-0.15, -0.1) is 0 Å². The van der Waals surface area contributed by atoms with Crippen LogP contribution < -0.4 is 10.1 Å². The lowest BCUT2D eigenvalue weighted by molar-refractivity contribution is -0.428. The van der Waals surface area contributed by atoms with Gasteiger partial charge in [0.05, 0.1) is 12.0 Å². The molecule has 1 N–H and O–H groups in total. The number of nitro groups is 1. The number of methoxy groups -OCH3 is 1. The molecular formula is C26H21ClN2O4. The van der Waals surface area contributed by atoms with Crippen LogP contribution in [0.25, 0.3) is 5.70 Å². The second-order valence-corrected chi connectivity index (χ2v) is 8.03. The maximum atomic E-state index is 13.6. The molecule has 0 amide bonds. The number of Topliss-reactive ketones (excluding diaryl/α,β-unsaturated/α-hetero) is 1. The summed E-state index contributed by atoms with van der Waals surface area (Å²) in [6, 6.07) is 22.6. The summed E-state index contributed by atoms with van der Waals surface area (Å²) < 4.78 is 5.25. The maximum absolute atomic E-state index is 13.6. The summed E-state index contributed by atoms with van der Waals surface area (Å²) in [6.45, 7) is 1.76. The fourth-order valence-corrected chi connectivity index (χ4v) is 4.14. The lowest BCUT2D eigenvalue weighted by atomic mass is 9.79. The summed E-state index contributed by atoms with van der Waals surface area (Å²) in [4.78, 5) is 25.7. The molecule has 4 rings (SSSR count). The molecule has 0 radical (unpaired) electrons. The minimum Gasteiger partial charge on any atom is -0.497 e. The molecule has 3 aromatic rings. The van der Waals surface area contributed by atoms with Gasteiger partial charge in [0.25, 0.3) is 5.70 Å². The Balaban J connectivity index is 1.94. The SMILES string of the molecule is COc1ccc(C2C(C(=O)c3ccc(Cl)cc3)=C(C)NC(c3ccccc3)=C2[N+](=O)[O-])cc1. The van der Waals surface area contributed by atoms with Gasteiger partial charge in [-0.05, 0) is 48.9 Å². The Labute approximate surface area is 196 Å². The van der Waals surface area contributed by atoms with Gasteiger partial charge in [-0.3, -0.25) is 14.9 Å². The molecular weight excluding hydrogens is 440 g/mol. The number of hydrogen-bond donors (Lipinski definition) is 1. The first-order valence-corrected chi connectivity index (χ1v) is 10.6. The van der Waals surface area contributed by atoms with Crippen LogP contribution in [0.1, 0.15) is 34.3 Å². The molecule has 0 spiro atoms. The fourth-order valence-electron chi connectivity index (χ4n) is 4.02. The van der Waals surface area contributed by atoms with Crippen LogP contribution in [-0.2, 0) is 0 Å². The fraction of sp³-hybridized carbons (Fsp3) is 0.115. The highest BCUT2D eigenvalue weighted by Crippen LogP contribution is 2.42. The number of halogens is 1. The predicted octanol–water partition coefficient (Wildman–Crippen LogP) is 5.84. The van der Waals surface area contributed by atoms with Gasteiger partial charge in [0.15, 0.2) is 5.78 Å². The third-order valence-corrected chi connectivity index (χ3v) is 5.85. The summed E-state index contributed by atoms with van der Waals surface area (Å²) in [6.07, 6.45) is 0. The first-order valence-electron chi connectivity index (χ1n) is 10.3. The van der Waals surface area contributed by atoms with Crippen LogP contribution in [0.15, 0.2) is 95.8 Å². The molecule has 0 aliphatic carbocycles. The van der Waals surface area contributed by atoms with Gasteiger partial charge in [-0.1, -0.05) is 54.1 Å². The Hall–Kier alpha value is -3.90. The van der Waals surface area contributed by atoms with Gasteiger partial charge in [-0.2, -0.15) is 0 Å². The van der Waals surface area contributed by atoms with Crippen LogP contribution in [-0.4, -0.2) is 17.8 Å². The minimum atomic E-state index is -0.884. The van der Waals surface area contributed by atoms with Crippen molar-refractivity contribution >= 4 is 23.1 Å². The van der Waals surface area contributed by atoms with Gasteiger partial charge in [-0.25, -0.2) is 0 Å². The van der Waals surface area contributed by atoms with Crippen molar-refractivity contribution in [2.24, 2.45) is 0 Å². The number of dihydropyridines is 1. The van der Waals surface area contributed by atoms with Gasteiger partial charge in [0.2, 0.25) is 0 Å². The van der Waals surface area contributed by atoms with Crippen molar-refractivity contribution < 1.29 is 14.5 Å². The molecule has 0 saturated heterocycles. The van der Waals surface area contributed by atoms with Crippen molar-refractivity contribution in [2.45, 2.75) is 12.8 Å². The van der Waals surface area contributed by atoms with Crippen LogP contribution in [0.4, 0.5) is 0 Å². The standard InChI is InChI=1S/C26H21ClN2O4/c1-16-22(26(30)19-8-12-20(27)13-9-19)23(17-10-14-21(33-2)15-11-17)25(29(31)32)24(28-16)18-6-4-3-5-7-18/h3-15,23,28H,1-2H3. The van der Waals surface area contributed by atoms with E-state index < -0.39 is 10.8 Å². The highest BCUT2D eigenvalue weighted by molar-refractivity contribution is 6.30. The van der Waals surface area contributed by atoms with Crippen molar-refractivity contribution in [1.29, 1.82) is 0 Å². The number of allylic oxidation sites excluding steroid dienone is 2. The van der Waals surface area contributed by atoms with Crippen molar-refractivity contribution in [1.82, 2.24) is 5.32 Å². The van der Waals surface area contributed by atoms with Crippen LogP contribution in [0.5, 0.6) is 5.75 Å². The van der Waals surface area contributed by atoms with E-state index in [1.165, 1.54) is 0 Å². The van der Waals surface area contributed by atoms with E-state index in [1.807, 2.05) is 18.2 Å². The minimum absolute atomic E-state index is 0.0886. The predicted molar refractivity (Wildman–Crippen MR) is 128 cm³/mol. The van der Waals surface area contributed by atoms with Crippen molar-refractivity contribution in [3.8, 4) is 5.75 Å². The van der Waals surface area contributed by atoms with E-state index in [0.29, 0.717) is 44.4 Å². The number of nitrogens with one attached hydrogen (secondary N) is 1. The average molecular weight is 461 g/mol. The smallest absolute Gasteiger partial charge is 0.282 e. The van der Waals surface area contributed by atoms with E-state index in [1.54, 1.807) is 74.7 Å². The molecule has 6 nitrogen and oxygen atoms in total. The molecule has 166 valence electrons. The molecule has 1 aliphatic heterocycles. The Kier molecular flexibility index (Phi) is 6.29. The Bertz CT molecular complexity index is 1260. The highest BCUT2D eigenvalue weighted by Gasteiger charge is 2.41. The summed E-state index contributed by atoms with van der Waals surface area (Å²) >= 11 is 5.99. The summed E-state index contributed by atoms with van der Waals surface area (Å²) in [5.41, 5.74) is 2.84. The second kappa shape index (κ2) is 9.30. The molecule has 0 saturated carbocycles. The van der Waals surface area contributed by atoms with E-state index in [2.05, 4.69) is 5.32 Å².